The highest BCUT2D eigenvalue weighted by molar-refractivity contribution is 5.81. The number of nitrogens with zero attached hydrogens (tertiary/aromatic N) is 5. The van der Waals surface area contributed by atoms with Gasteiger partial charge in [-0.15, -0.1) is 10.2 Å². The van der Waals surface area contributed by atoms with Gasteiger partial charge in [-0.05, 0) is 34.9 Å². The second-order valence-corrected chi connectivity index (χ2v) is 5.81. The second-order valence-electron chi connectivity index (χ2n) is 5.81. The zero-order valence-electron chi connectivity index (χ0n) is 13.9. The summed E-state index contributed by atoms with van der Waals surface area (Å²) < 4.78 is 0. The third-order valence-electron chi connectivity index (χ3n) is 4.07. The van der Waals surface area contributed by atoms with Gasteiger partial charge >= 0.3 is 0 Å². The predicted octanol–water partition coefficient (Wildman–Crippen LogP) is 3.76. The Labute approximate surface area is 146 Å². The van der Waals surface area contributed by atoms with Gasteiger partial charge in [0.2, 0.25) is 5.82 Å². The van der Waals surface area contributed by atoms with Crippen LogP contribution in [-0.4, -0.2) is 25.2 Å². The van der Waals surface area contributed by atoms with Crippen molar-refractivity contribution in [3.8, 4) is 22.5 Å². The first-order valence-electron chi connectivity index (χ1n) is 8.14. The SMILES string of the molecule is Cc1nccc(-c2ccccc2)c1-c1nnn(Cc2ccccc2)n1. The van der Waals surface area contributed by atoms with Crippen molar-refractivity contribution in [3.63, 3.8) is 0 Å². The number of aromatic nitrogens is 5. The summed E-state index contributed by atoms with van der Waals surface area (Å²) in [4.78, 5) is 6.03. The minimum absolute atomic E-state index is 0.591. The van der Waals surface area contributed by atoms with Gasteiger partial charge in [0.05, 0.1) is 12.1 Å². The first kappa shape index (κ1) is 15.2. The van der Waals surface area contributed by atoms with Gasteiger partial charge in [0.25, 0.3) is 0 Å². The van der Waals surface area contributed by atoms with E-state index in [1.807, 2.05) is 67.7 Å². The van der Waals surface area contributed by atoms with Crippen molar-refractivity contribution in [3.05, 3.63) is 84.2 Å². The Balaban J connectivity index is 1.73. The van der Waals surface area contributed by atoms with Crippen LogP contribution in [0.5, 0.6) is 0 Å². The number of benzene rings is 2. The predicted molar refractivity (Wildman–Crippen MR) is 96.8 cm³/mol. The van der Waals surface area contributed by atoms with Gasteiger partial charge in [-0.1, -0.05) is 60.7 Å². The van der Waals surface area contributed by atoms with E-state index in [9.17, 15) is 0 Å². The van der Waals surface area contributed by atoms with E-state index in [0.717, 1.165) is 27.9 Å². The number of aryl methyl sites for hydroxylation is 1. The summed E-state index contributed by atoms with van der Waals surface area (Å²) in [5.41, 5.74) is 5.13. The maximum Gasteiger partial charge on any atom is 0.207 e. The molecule has 0 aliphatic rings. The number of hydrogen-bond donors (Lipinski definition) is 0. The zero-order chi connectivity index (χ0) is 17.1. The van der Waals surface area contributed by atoms with E-state index in [0.29, 0.717) is 12.4 Å². The molecule has 25 heavy (non-hydrogen) atoms. The highest BCUT2D eigenvalue weighted by Gasteiger charge is 2.16. The Kier molecular flexibility index (Phi) is 4.04. The molecule has 0 fully saturated rings. The van der Waals surface area contributed by atoms with Crippen LogP contribution in [0.25, 0.3) is 22.5 Å². The molecule has 0 bridgehead atoms. The fraction of sp³-hybridized carbons (Fsp3) is 0.100. The monoisotopic (exact) mass is 327 g/mol. The first-order chi connectivity index (χ1) is 12.3. The Morgan fingerprint density at radius 3 is 2.36 bits per heavy atom. The average molecular weight is 327 g/mol. The van der Waals surface area contributed by atoms with Crippen LogP contribution < -0.4 is 0 Å². The summed E-state index contributed by atoms with van der Waals surface area (Å²) >= 11 is 0. The fourth-order valence-corrected chi connectivity index (χ4v) is 2.86. The van der Waals surface area contributed by atoms with E-state index in [1.165, 1.54) is 0 Å². The molecule has 5 heteroatoms. The summed E-state index contributed by atoms with van der Waals surface area (Å²) in [6, 6.07) is 22.3. The Hall–Kier alpha value is -3.34. The zero-order valence-corrected chi connectivity index (χ0v) is 13.9. The molecule has 0 N–H and O–H groups in total. The summed E-state index contributed by atoms with van der Waals surface area (Å²) in [5.74, 6) is 0.598. The van der Waals surface area contributed by atoms with Crippen LogP contribution in [-0.2, 0) is 6.54 Å². The summed E-state index contributed by atoms with van der Waals surface area (Å²) in [7, 11) is 0. The quantitative estimate of drug-likeness (QED) is 0.573. The molecule has 0 unspecified atom stereocenters. The van der Waals surface area contributed by atoms with Gasteiger partial charge in [0.15, 0.2) is 0 Å². The van der Waals surface area contributed by atoms with Crippen LogP contribution >= 0.6 is 0 Å². The lowest BCUT2D eigenvalue weighted by molar-refractivity contribution is 0.573. The van der Waals surface area contributed by atoms with Crippen molar-refractivity contribution < 1.29 is 0 Å². The maximum atomic E-state index is 4.58. The van der Waals surface area contributed by atoms with E-state index in [2.05, 4.69) is 32.5 Å². The Bertz CT molecular complexity index is 977. The molecular weight excluding hydrogens is 310 g/mol. The van der Waals surface area contributed by atoms with Crippen LogP contribution in [0.3, 0.4) is 0 Å². The minimum Gasteiger partial charge on any atom is -0.261 e. The molecule has 2 aromatic carbocycles. The average Bonchev–Trinajstić information content (AvgIpc) is 3.11. The molecule has 5 nitrogen and oxygen atoms in total. The molecule has 0 saturated heterocycles. The third-order valence-corrected chi connectivity index (χ3v) is 4.07. The number of pyridine rings is 1. The van der Waals surface area contributed by atoms with Gasteiger partial charge in [0, 0.05) is 11.9 Å². The third kappa shape index (κ3) is 3.17. The first-order valence-corrected chi connectivity index (χ1v) is 8.14. The van der Waals surface area contributed by atoms with E-state index in [-0.39, 0.29) is 0 Å². The second kappa shape index (κ2) is 6.65. The topological polar surface area (TPSA) is 56.5 Å². The van der Waals surface area contributed by atoms with Gasteiger partial charge < -0.3 is 0 Å². The molecule has 0 radical (unpaired) electrons. The molecule has 4 rings (SSSR count). The number of tetrazole rings is 1. The van der Waals surface area contributed by atoms with Crippen molar-refractivity contribution in [2.24, 2.45) is 0 Å². The van der Waals surface area contributed by atoms with Crippen molar-refractivity contribution in [1.82, 2.24) is 25.2 Å². The number of rotatable bonds is 4. The molecule has 0 atom stereocenters. The molecule has 0 saturated carbocycles. The van der Waals surface area contributed by atoms with Crippen molar-refractivity contribution in [1.29, 1.82) is 0 Å². The molecule has 4 aromatic rings. The van der Waals surface area contributed by atoms with Gasteiger partial charge in [-0.25, -0.2) is 0 Å². The largest absolute Gasteiger partial charge is 0.261 e. The van der Waals surface area contributed by atoms with E-state index in [1.54, 1.807) is 4.80 Å². The standard InChI is InChI=1S/C20H17N5/c1-15-19(18(12-13-21-15)17-10-6-3-7-11-17)20-22-24-25(23-20)14-16-8-4-2-5-9-16/h2-13H,14H2,1H3. The maximum absolute atomic E-state index is 4.58. The molecule has 2 heterocycles. The lowest BCUT2D eigenvalue weighted by Gasteiger charge is -2.08. The molecule has 0 aliphatic carbocycles. The number of hydrogen-bond acceptors (Lipinski definition) is 4. The van der Waals surface area contributed by atoms with Crippen LogP contribution in [0.15, 0.2) is 72.9 Å². The van der Waals surface area contributed by atoms with Crippen LogP contribution in [0.2, 0.25) is 0 Å². The molecule has 122 valence electrons. The van der Waals surface area contributed by atoms with Crippen LogP contribution in [0, 0.1) is 6.92 Å². The van der Waals surface area contributed by atoms with Crippen molar-refractivity contribution in [2.75, 3.05) is 0 Å². The van der Waals surface area contributed by atoms with Crippen LogP contribution in [0.4, 0.5) is 0 Å². The summed E-state index contributed by atoms with van der Waals surface area (Å²) in [6.07, 6.45) is 1.82. The summed E-state index contributed by atoms with van der Waals surface area (Å²) in [6.45, 7) is 2.56. The molecule has 2 aromatic heterocycles. The Morgan fingerprint density at radius 2 is 1.60 bits per heavy atom. The lowest BCUT2D eigenvalue weighted by Crippen LogP contribution is -2.04. The highest BCUT2D eigenvalue weighted by Crippen LogP contribution is 2.31. The van der Waals surface area contributed by atoms with Gasteiger partial charge in [-0.2, -0.15) is 4.80 Å². The minimum atomic E-state index is 0.591. The lowest BCUT2D eigenvalue weighted by atomic mass is 9.99. The smallest absolute Gasteiger partial charge is 0.207 e. The van der Waals surface area contributed by atoms with E-state index in [4.69, 9.17) is 0 Å². The molecule has 0 aliphatic heterocycles. The normalized spacial score (nSPS) is 10.8. The van der Waals surface area contributed by atoms with E-state index >= 15 is 0 Å². The molecule has 0 amide bonds. The van der Waals surface area contributed by atoms with Crippen LogP contribution in [0.1, 0.15) is 11.3 Å². The molecular formula is C20H17N5. The van der Waals surface area contributed by atoms with Gasteiger partial charge in [-0.3, -0.25) is 4.98 Å². The van der Waals surface area contributed by atoms with Gasteiger partial charge in [0.1, 0.15) is 0 Å². The fourth-order valence-electron chi connectivity index (χ4n) is 2.86. The van der Waals surface area contributed by atoms with Crippen molar-refractivity contribution in [2.45, 2.75) is 13.5 Å². The molecule has 0 spiro atoms. The Morgan fingerprint density at radius 1 is 0.880 bits per heavy atom. The van der Waals surface area contributed by atoms with Crippen molar-refractivity contribution >= 4 is 0 Å². The van der Waals surface area contributed by atoms with E-state index < -0.39 is 0 Å². The summed E-state index contributed by atoms with van der Waals surface area (Å²) in [5, 5.41) is 13.1. The highest BCUT2D eigenvalue weighted by atomic mass is 15.6.